The van der Waals surface area contributed by atoms with E-state index in [1.54, 1.807) is 24.3 Å². The largest absolute Gasteiger partial charge is 1.00 e. The van der Waals surface area contributed by atoms with Gasteiger partial charge < -0.3 is 27.8 Å². The van der Waals surface area contributed by atoms with Crippen molar-refractivity contribution in [2.24, 2.45) is 5.73 Å². The average Bonchev–Trinajstić information content (AvgIpc) is 2.08. The third kappa shape index (κ3) is 4.09. The molecule has 0 spiro atoms. The van der Waals surface area contributed by atoms with Gasteiger partial charge in [0.15, 0.2) is 0 Å². The van der Waals surface area contributed by atoms with Crippen LogP contribution in [0.1, 0.15) is 5.56 Å². The molecule has 0 bridgehead atoms. The van der Waals surface area contributed by atoms with Crippen LogP contribution in [0.15, 0.2) is 24.3 Å². The summed E-state index contributed by atoms with van der Waals surface area (Å²) in [4.78, 5) is 10.4. The Morgan fingerprint density at radius 1 is 1.43 bits per heavy atom. The Bertz CT molecular complexity index is 302. The van der Waals surface area contributed by atoms with Gasteiger partial charge in [-0.2, -0.15) is 0 Å². The summed E-state index contributed by atoms with van der Waals surface area (Å²) in [5.41, 5.74) is 6.23. The van der Waals surface area contributed by atoms with E-state index in [0.717, 1.165) is 5.56 Å². The van der Waals surface area contributed by atoms with Gasteiger partial charge in [0.1, 0.15) is 6.04 Å². The Kier molecular flexibility index (Phi) is 5.76. The molecule has 0 amide bonds. The number of halogens is 2. The lowest BCUT2D eigenvalue weighted by Crippen LogP contribution is -3.00. The van der Waals surface area contributed by atoms with E-state index in [9.17, 15) is 4.79 Å². The highest BCUT2D eigenvalue weighted by molar-refractivity contribution is 6.30. The van der Waals surface area contributed by atoms with Crippen LogP contribution in [0.25, 0.3) is 0 Å². The Morgan fingerprint density at radius 2 is 1.93 bits per heavy atom. The number of rotatable bonds is 3. The Hall–Kier alpha value is -0.580. The molecule has 14 heavy (non-hydrogen) atoms. The average molecular weight is 280 g/mol. The molecular formula is C9H10BrClNO2-. The fourth-order valence-electron chi connectivity index (χ4n) is 0.962. The molecule has 0 aliphatic carbocycles. The number of benzene rings is 1. The van der Waals surface area contributed by atoms with Crippen LogP contribution in [0.4, 0.5) is 0 Å². The zero-order chi connectivity index (χ0) is 9.84. The highest BCUT2D eigenvalue weighted by Gasteiger charge is 2.11. The minimum atomic E-state index is -0.991. The van der Waals surface area contributed by atoms with Gasteiger partial charge in [0.05, 0.1) is 0 Å². The molecule has 3 N–H and O–H groups in total. The first kappa shape index (κ1) is 13.4. The smallest absolute Gasteiger partial charge is 0.320 e. The van der Waals surface area contributed by atoms with E-state index >= 15 is 0 Å². The van der Waals surface area contributed by atoms with Crippen LogP contribution in [0, 0.1) is 0 Å². The molecule has 1 unspecified atom stereocenters. The molecule has 0 heterocycles. The Labute approximate surface area is 97.6 Å². The summed E-state index contributed by atoms with van der Waals surface area (Å²) in [5, 5.41) is 9.18. The third-order valence-electron chi connectivity index (χ3n) is 1.69. The van der Waals surface area contributed by atoms with Crippen LogP contribution in [0.2, 0.25) is 5.02 Å². The zero-order valence-corrected chi connectivity index (χ0v) is 9.62. The molecular weight excluding hydrogens is 269 g/mol. The van der Waals surface area contributed by atoms with Crippen molar-refractivity contribution in [3.05, 3.63) is 34.9 Å². The van der Waals surface area contributed by atoms with Gasteiger partial charge in [-0.1, -0.05) is 23.7 Å². The minimum Gasteiger partial charge on any atom is -1.00 e. The number of nitrogens with two attached hydrogens (primary N) is 1. The maximum absolute atomic E-state index is 10.4. The highest BCUT2D eigenvalue weighted by Crippen LogP contribution is 2.10. The van der Waals surface area contributed by atoms with Crippen LogP contribution in [-0.2, 0) is 11.2 Å². The lowest BCUT2D eigenvalue weighted by molar-refractivity contribution is -0.138. The maximum Gasteiger partial charge on any atom is 0.320 e. The van der Waals surface area contributed by atoms with Crippen molar-refractivity contribution in [2.75, 3.05) is 0 Å². The summed E-state index contributed by atoms with van der Waals surface area (Å²) in [6, 6.07) is 6.12. The number of hydrogen-bond acceptors (Lipinski definition) is 2. The van der Waals surface area contributed by atoms with Crippen molar-refractivity contribution >= 4 is 17.6 Å². The first-order chi connectivity index (χ1) is 6.09. The second-order valence-electron chi connectivity index (χ2n) is 2.78. The molecule has 3 nitrogen and oxygen atoms in total. The Morgan fingerprint density at radius 3 is 2.36 bits per heavy atom. The van der Waals surface area contributed by atoms with Crippen molar-refractivity contribution in [3.63, 3.8) is 0 Å². The third-order valence-corrected chi connectivity index (χ3v) is 1.94. The van der Waals surface area contributed by atoms with Crippen molar-refractivity contribution in [2.45, 2.75) is 12.5 Å². The van der Waals surface area contributed by atoms with Crippen molar-refractivity contribution < 1.29 is 26.9 Å². The molecule has 0 saturated carbocycles. The molecule has 78 valence electrons. The van der Waals surface area contributed by atoms with Gasteiger partial charge in [0.25, 0.3) is 0 Å². The van der Waals surface area contributed by atoms with Crippen LogP contribution < -0.4 is 22.7 Å². The fraction of sp³-hybridized carbons (Fsp3) is 0.222. The molecule has 1 rings (SSSR count). The molecule has 0 saturated heterocycles. The first-order valence-electron chi connectivity index (χ1n) is 3.82. The summed E-state index contributed by atoms with van der Waals surface area (Å²) >= 11 is 5.66. The second-order valence-corrected chi connectivity index (χ2v) is 3.21. The summed E-state index contributed by atoms with van der Waals surface area (Å²) in [6.07, 6.45) is 0.326. The van der Waals surface area contributed by atoms with Gasteiger partial charge in [0.2, 0.25) is 0 Å². The van der Waals surface area contributed by atoms with Gasteiger partial charge in [-0.05, 0) is 24.1 Å². The van der Waals surface area contributed by atoms with E-state index in [1.807, 2.05) is 0 Å². The molecule has 0 aliphatic rings. The normalized spacial score (nSPS) is 11.6. The van der Waals surface area contributed by atoms with E-state index in [4.69, 9.17) is 22.4 Å². The number of carboxylic acid groups (broad SMARTS) is 1. The number of aliphatic carboxylic acids is 1. The van der Waals surface area contributed by atoms with E-state index in [2.05, 4.69) is 0 Å². The van der Waals surface area contributed by atoms with Gasteiger partial charge in [-0.3, -0.25) is 4.79 Å². The lowest BCUT2D eigenvalue weighted by Gasteiger charge is -2.05. The number of carbonyl (C=O) groups is 1. The summed E-state index contributed by atoms with van der Waals surface area (Å²) in [5.74, 6) is -0.991. The number of carboxylic acids is 1. The Balaban J connectivity index is 0.00000169. The highest BCUT2D eigenvalue weighted by atomic mass is 79.9. The van der Waals surface area contributed by atoms with Crippen LogP contribution in [-0.4, -0.2) is 17.1 Å². The first-order valence-corrected chi connectivity index (χ1v) is 4.20. The van der Waals surface area contributed by atoms with Gasteiger partial charge in [-0.15, -0.1) is 0 Å². The van der Waals surface area contributed by atoms with E-state index < -0.39 is 12.0 Å². The molecule has 0 radical (unpaired) electrons. The van der Waals surface area contributed by atoms with E-state index in [-0.39, 0.29) is 17.0 Å². The minimum absolute atomic E-state index is 0. The van der Waals surface area contributed by atoms with Crippen molar-refractivity contribution in [1.29, 1.82) is 0 Å². The lowest BCUT2D eigenvalue weighted by atomic mass is 10.1. The van der Waals surface area contributed by atoms with Crippen molar-refractivity contribution in [3.8, 4) is 0 Å². The van der Waals surface area contributed by atoms with Crippen molar-refractivity contribution in [1.82, 2.24) is 0 Å². The van der Waals surface area contributed by atoms with Crippen LogP contribution in [0.3, 0.4) is 0 Å². The molecule has 0 aromatic heterocycles. The monoisotopic (exact) mass is 278 g/mol. The van der Waals surface area contributed by atoms with Gasteiger partial charge in [0, 0.05) is 5.02 Å². The standard InChI is InChI=1S/C9H10ClNO2.BrH/c10-7-3-1-6(2-4-7)5-8(11)9(12)13;/h1-4,8H,5,11H2,(H,12,13);1H/p-1. The SMILES string of the molecule is NC(Cc1ccc(Cl)cc1)C(=O)O.[Br-]. The van der Waals surface area contributed by atoms with E-state index in [1.165, 1.54) is 0 Å². The van der Waals surface area contributed by atoms with Gasteiger partial charge in [-0.25, -0.2) is 0 Å². The predicted molar refractivity (Wildman–Crippen MR) is 50.8 cm³/mol. The predicted octanol–water partition coefficient (Wildman–Crippen LogP) is -1.70. The summed E-state index contributed by atoms with van der Waals surface area (Å²) < 4.78 is 0. The second kappa shape index (κ2) is 6.01. The molecule has 1 atom stereocenters. The fourth-order valence-corrected chi connectivity index (χ4v) is 1.09. The molecule has 1 aromatic carbocycles. The van der Waals surface area contributed by atoms with Gasteiger partial charge >= 0.3 is 5.97 Å². The van der Waals surface area contributed by atoms with E-state index in [0.29, 0.717) is 11.4 Å². The number of hydrogen-bond donors (Lipinski definition) is 2. The zero-order valence-electron chi connectivity index (χ0n) is 7.28. The summed E-state index contributed by atoms with van der Waals surface area (Å²) in [6.45, 7) is 0. The van der Waals surface area contributed by atoms with Crippen LogP contribution in [0.5, 0.6) is 0 Å². The maximum atomic E-state index is 10.4. The molecule has 1 aromatic rings. The summed E-state index contributed by atoms with van der Waals surface area (Å²) in [7, 11) is 0. The van der Waals surface area contributed by atoms with Crippen LogP contribution >= 0.6 is 11.6 Å². The topological polar surface area (TPSA) is 63.3 Å². The quantitative estimate of drug-likeness (QED) is 0.693. The molecule has 0 aliphatic heterocycles. The molecule has 5 heteroatoms. The molecule has 0 fully saturated rings.